The molecular formula is C25H21NO2. The Balaban J connectivity index is 1.99. The van der Waals surface area contributed by atoms with Gasteiger partial charge in [-0.05, 0) is 36.2 Å². The lowest BCUT2D eigenvalue weighted by molar-refractivity contribution is -0.141. The summed E-state index contributed by atoms with van der Waals surface area (Å²) in [5.74, 6) is -0.791. The maximum Gasteiger partial charge on any atom is 0.317 e. The zero-order chi connectivity index (χ0) is 19.5. The van der Waals surface area contributed by atoms with Gasteiger partial charge in [-0.2, -0.15) is 0 Å². The Morgan fingerprint density at radius 3 is 2.39 bits per heavy atom. The van der Waals surface area contributed by atoms with Gasteiger partial charge in [0, 0.05) is 10.9 Å². The van der Waals surface area contributed by atoms with Crippen LogP contribution in [0.25, 0.3) is 22.2 Å². The van der Waals surface area contributed by atoms with Crippen LogP contribution in [0.3, 0.4) is 0 Å². The molecule has 0 radical (unpaired) electrons. The van der Waals surface area contributed by atoms with Crippen LogP contribution in [0.1, 0.15) is 22.6 Å². The van der Waals surface area contributed by atoms with Crippen LogP contribution in [0.15, 0.2) is 84.9 Å². The van der Waals surface area contributed by atoms with Crippen molar-refractivity contribution in [3.8, 4) is 11.3 Å². The molecule has 3 heteroatoms. The Bertz CT molecular complexity index is 1140. The quantitative estimate of drug-likeness (QED) is 0.446. The Morgan fingerprint density at radius 1 is 0.893 bits per heavy atom. The zero-order valence-electron chi connectivity index (χ0n) is 15.9. The number of rotatable bonds is 4. The third kappa shape index (κ3) is 3.39. The van der Waals surface area contributed by atoms with Crippen LogP contribution in [0.5, 0.6) is 0 Å². The van der Waals surface area contributed by atoms with Crippen molar-refractivity contribution in [1.29, 1.82) is 0 Å². The maximum absolute atomic E-state index is 12.8. The van der Waals surface area contributed by atoms with Crippen LogP contribution in [-0.2, 0) is 9.53 Å². The molecule has 0 aliphatic carbocycles. The van der Waals surface area contributed by atoms with E-state index < -0.39 is 5.92 Å². The van der Waals surface area contributed by atoms with Crippen molar-refractivity contribution in [1.82, 2.24) is 4.98 Å². The molecule has 0 spiro atoms. The largest absolute Gasteiger partial charge is 0.468 e. The first-order chi connectivity index (χ1) is 13.7. The van der Waals surface area contributed by atoms with Crippen molar-refractivity contribution in [3.05, 3.63) is 102 Å². The highest BCUT2D eigenvalue weighted by atomic mass is 16.5. The molecule has 4 aromatic rings. The zero-order valence-corrected chi connectivity index (χ0v) is 15.9. The van der Waals surface area contributed by atoms with Crippen LogP contribution >= 0.6 is 0 Å². The van der Waals surface area contributed by atoms with E-state index >= 15 is 0 Å². The Kier molecular flexibility index (Phi) is 4.90. The van der Waals surface area contributed by atoms with Gasteiger partial charge in [0.1, 0.15) is 5.92 Å². The van der Waals surface area contributed by atoms with Gasteiger partial charge in [-0.1, -0.05) is 72.3 Å². The molecule has 0 aliphatic heterocycles. The molecule has 0 saturated carbocycles. The summed E-state index contributed by atoms with van der Waals surface area (Å²) in [6.45, 7) is 2.06. The van der Waals surface area contributed by atoms with Crippen molar-refractivity contribution in [2.24, 2.45) is 0 Å². The number of fused-ring (bicyclic) bond motifs is 1. The average molecular weight is 367 g/mol. The summed E-state index contributed by atoms with van der Waals surface area (Å²) in [6, 6.07) is 27.9. The van der Waals surface area contributed by atoms with Gasteiger partial charge >= 0.3 is 5.97 Å². The smallest absolute Gasteiger partial charge is 0.317 e. The Hall–Kier alpha value is -3.46. The van der Waals surface area contributed by atoms with E-state index in [-0.39, 0.29) is 5.97 Å². The number of aromatic nitrogens is 1. The standard InChI is InChI=1S/C25H21NO2/c1-17-9-8-12-19(15-17)23-16-21(20-13-6-7-14-22(20)26-23)24(25(27)28-2)18-10-4-3-5-11-18/h3-16,24H,1-2H3. The minimum atomic E-state index is -0.511. The van der Waals surface area contributed by atoms with Gasteiger partial charge in [0.05, 0.1) is 18.3 Å². The van der Waals surface area contributed by atoms with E-state index in [1.54, 1.807) is 0 Å². The minimum Gasteiger partial charge on any atom is -0.468 e. The molecule has 1 heterocycles. The highest BCUT2D eigenvalue weighted by Crippen LogP contribution is 2.34. The van der Waals surface area contributed by atoms with Gasteiger partial charge in [0.2, 0.25) is 0 Å². The average Bonchev–Trinajstić information content (AvgIpc) is 2.74. The third-order valence-electron chi connectivity index (χ3n) is 4.94. The monoisotopic (exact) mass is 367 g/mol. The molecule has 0 amide bonds. The highest BCUT2D eigenvalue weighted by molar-refractivity contribution is 5.93. The number of ether oxygens (including phenoxy) is 1. The molecule has 1 unspecified atom stereocenters. The van der Waals surface area contributed by atoms with E-state index in [1.165, 1.54) is 12.7 Å². The van der Waals surface area contributed by atoms with Crippen molar-refractivity contribution in [2.45, 2.75) is 12.8 Å². The van der Waals surface area contributed by atoms with Gasteiger partial charge < -0.3 is 4.74 Å². The number of hydrogen-bond acceptors (Lipinski definition) is 3. The number of nitrogens with zero attached hydrogens (tertiary/aromatic N) is 1. The second kappa shape index (κ2) is 7.65. The number of aryl methyl sites for hydroxylation is 1. The molecule has 138 valence electrons. The fourth-order valence-corrected chi connectivity index (χ4v) is 3.60. The Labute approximate surface area is 164 Å². The first-order valence-electron chi connectivity index (χ1n) is 9.27. The lowest BCUT2D eigenvalue weighted by atomic mass is 9.88. The van der Waals surface area contributed by atoms with Gasteiger partial charge in [0.15, 0.2) is 0 Å². The summed E-state index contributed by atoms with van der Waals surface area (Å²) in [5, 5.41) is 0.957. The maximum atomic E-state index is 12.8. The van der Waals surface area contributed by atoms with Gasteiger partial charge in [-0.3, -0.25) is 4.79 Å². The normalized spacial score (nSPS) is 11.9. The van der Waals surface area contributed by atoms with E-state index in [0.29, 0.717) is 0 Å². The van der Waals surface area contributed by atoms with Gasteiger partial charge in [-0.15, -0.1) is 0 Å². The Morgan fingerprint density at radius 2 is 1.64 bits per heavy atom. The van der Waals surface area contributed by atoms with Gasteiger partial charge in [0.25, 0.3) is 0 Å². The predicted octanol–water partition coefficient (Wildman–Crippen LogP) is 5.52. The highest BCUT2D eigenvalue weighted by Gasteiger charge is 2.26. The second-order valence-corrected chi connectivity index (χ2v) is 6.85. The van der Waals surface area contributed by atoms with E-state index in [0.717, 1.165) is 33.3 Å². The molecule has 0 aliphatic rings. The topological polar surface area (TPSA) is 39.2 Å². The van der Waals surface area contributed by atoms with E-state index in [2.05, 4.69) is 19.1 Å². The number of para-hydroxylation sites is 1. The van der Waals surface area contributed by atoms with Crippen LogP contribution in [0.2, 0.25) is 0 Å². The number of benzene rings is 3. The van der Waals surface area contributed by atoms with Crippen LogP contribution < -0.4 is 0 Å². The molecule has 3 nitrogen and oxygen atoms in total. The summed E-state index contributed by atoms with van der Waals surface area (Å²) in [7, 11) is 1.43. The number of pyridine rings is 1. The molecule has 0 bridgehead atoms. The minimum absolute atomic E-state index is 0.280. The molecule has 0 N–H and O–H groups in total. The van der Waals surface area contributed by atoms with E-state index in [4.69, 9.17) is 9.72 Å². The lowest BCUT2D eigenvalue weighted by Crippen LogP contribution is -2.16. The van der Waals surface area contributed by atoms with Crippen LogP contribution in [0.4, 0.5) is 0 Å². The molecular weight excluding hydrogens is 346 g/mol. The first kappa shape index (κ1) is 17.9. The van der Waals surface area contributed by atoms with E-state index in [1.807, 2.05) is 72.8 Å². The number of hydrogen-bond donors (Lipinski definition) is 0. The third-order valence-corrected chi connectivity index (χ3v) is 4.94. The SMILES string of the molecule is COC(=O)C(c1ccccc1)c1cc(-c2cccc(C)c2)nc2ccccc12. The fraction of sp³-hybridized carbons (Fsp3) is 0.120. The number of esters is 1. The van der Waals surface area contributed by atoms with Crippen molar-refractivity contribution in [3.63, 3.8) is 0 Å². The number of carbonyl (C=O) groups excluding carboxylic acids is 1. The molecule has 1 aromatic heterocycles. The molecule has 1 atom stereocenters. The molecule has 0 saturated heterocycles. The summed E-state index contributed by atoms with van der Waals surface area (Å²) >= 11 is 0. The predicted molar refractivity (Wildman–Crippen MR) is 112 cm³/mol. The van der Waals surface area contributed by atoms with Crippen LogP contribution in [0, 0.1) is 6.92 Å². The van der Waals surface area contributed by atoms with Crippen molar-refractivity contribution < 1.29 is 9.53 Å². The molecule has 4 rings (SSSR count). The summed E-state index contributed by atoms with van der Waals surface area (Å²) in [5.41, 5.74) is 5.72. The number of methoxy groups -OCH3 is 1. The second-order valence-electron chi connectivity index (χ2n) is 6.85. The van der Waals surface area contributed by atoms with Crippen molar-refractivity contribution in [2.75, 3.05) is 7.11 Å². The van der Waals surface area contributed by atoms with Gasteiger partial charge in [-0.25, -0.2) is 4.98 Å². The summed E-state index contributed by atoms with van der Waals surface area (Å²) in [4.78, 5) is 17.7. The lowest BCUT2D eigenvalue weighted by Gasteiger charge is -2.19. The molecule has 3 aromatic carbocycles. The summed E-state index contributed by atoms with van der Waals surface area (Å²) in [6.07, 6.45) is 0. The molecule has 28 heavy (non-hydrogen) atoms. The van der Waals surface area contributed by atoms with E-state index in [9.17, 15) is 4.79 Å². The van der Waals surface area contributed by atoms with Crippen molar-refractivity contribution >= 4 is 16.9 Å². The first-order valence-corrected chi connectivity index (χ1v) is 9.27. The van der Waals surface area contributed by atoms with Crippen LogP contribution in [-0.4, -0.2) is 18.1 Å². The number of carbonyl (C=O) groups is 1. The fourth-order valence-electron chi connectivity index (χ4n) is 3.60. The summed E-state index contributed by atoms with van der Waals surface area (Å²) < 4.78 is 5.18. The molecule has 0 fully saturated rings.